The predicted octanol–water partition coefficient (Wildman–Crippen LogP) is 16.2. The summed E-state index contributed by atoms with van der Waals surface area (Å²) in [7, 11) is 0. The molecule has 0 spiro atoms. The first-order chi connectivity index (χ1) is 22.7. The molecular formula is C45H91N. The maximum absolute atomic E-state index is 4.59. The molecule has 0 saturated heterocycles. The van der Waals surface area contributed by atoms with Gasteiger partial charge in [-0.2, -0.15) is 0 Å². The molecule has 0 amide bonds. The van der Waals surface area contributed by atoms with Crippen LogP contribution in [0.4, 0.5) is 0 Å². The molecule has 0 aliphatic carbocycles. The summed E-state index contributed by atoms with van der Waals surface area (Å²) in [4.78, 5) is 2.82. The molecule has 0 rings (SSSR count). The molecule has 0 aliphatic rings. The zero-order chi connectivity index (χ0) is 33.6. The quantitative estimate of drug-likeness (QED) is 0.0473. The van der Waals surface area contributed by atoms with Crippen molar-refractivity contribution < 1.29 is 0 Å². The second-order valence-corrected chi connectivity index (χ2v) is 15.5. The molecule has 0 aromatic heterocycles. The van der Waals surface area contributed by atoms with Crippen LogP contribution in [0.2, 0.25) is 0 Å². The number of nitrogens with zero attached hydrogens (tertiary/aromatic N) is 1. The maximum Gasteiger partial charge on any atom is -0.00187 e. The van der Waals surface area contributed by atoms with Gasteiger partial charge in [0.05, 0.1) is 0 Å². The van der Waals surface area contributed by atoms with Crippen LogP contribution < -0.4 is 0 Å². The van der Waals surface area contributed by atoms with Gasteiger partial charge in [-0.25, -0.2) is 0 Å². The van der Waals surface area contributed by atoms with Crippen LogP contribution >= 0.6 is 0 Å². The first-order valence-electron chi connectivity index (χ1n) is 22.1. The third kappa shape index (κ3) is 35.0. The van der Waals surface area contributed by atoms with Crippen LogP contribution in [0.15, 0.2) is 12.2 Å². The Labute approximate surface area is 294 Å². The smallest absolute Gasteiger partial charge is 0.00187 e. The number of hydrogen-bond acceptors (Lipinski definition) is 1. The van der Waals surface area contributed by atoms with Crippen molar-refractivity contribution in [1.29, 1.82) is 0 Å². The molecular weight excluding hydrogens is 555 g/mol. The van der Waals surface area contributed by atoms with E-state index < -0.39 is 0 Å². The van der Waals surface area contributed by atoms with Gasteiger partial charge in [0.2, 0.25) is 0 Å². The van der Waals surface area contributed by atoms with Gasteiger partial charge in [-0.3, -0.25) is 0 Å². The highest BCUT2D eigenvalue weighted by Crippen LogP contribution is 2.27. The van der Waals surface area contributed by atoms with Crippen molar-refractivity contribution in [1.82, 2.24) is 4.90 Å². The van der Waals surface area contributed by atoms with Crippen LogP contribution in [0.25, 0.3) is 0 Å². The van der Waals surface area contributed by atoms with Crippen molar-refractivity contribution in [3.63, 3.8) is 0 Å². The van der Waals surface area contributed by atoms with Gasteiger partial charge in [-0.05, 0) is 64.1 Å². The van der Waals surface area contributed by atoms with Crippen LogP contribution in [0.3, 0.4) is 0 Å². The molecule has 0 radical (unpaired) electrons. The Morgan fingerprint density at radius 3 is 1.04 bits per heavy atom. The van der Waals surface area contributed by atoms with E-state index >= 15 is 0 Å². The highest BCUT2D eigenvalue weighted by Gasteiger charge is 2.11. The molecule has 0 aromatic rings. The largest absolute Gasteiger partial charge is 0.303 e. The molecule has 0 bridgehead atoms. The zero-order valence-electron chi connectivity index (χ0n) is 33.1. The van der Waals surface area contributed by atoms with Crippen molar-refractivity contribution in [2.24, 2.45) is 5.92 Å². The van der Waals surface area contributed by atoms with Gasteiger partial charge in [0.25, 0.3) is 0 Å². The molecule has 0 heterocycles. The Balaban J connectivity index is 4.11. The predicted molar refractivity (Wildman–Crippen MR) is 213 cm³/mol. The monoisotopic (exact) mass is 646 g/mol. The number of hydrogen-bond donors (Lipinski definition) is 0. The molecule has 0 atom stereocenters. The van der Waals surface area contributed by atoms with Crippen molar-refractivity contribution in [3.8, 4) is 0 Å². The Morgan fingerprint density at radius 2 is 0.652 bits per heavy atom. The van der Waals surface area contributed by atoms with Crippen LogP contribution in [0, 0.1) is 5.92 Å². The molecule has 0 saturated carbocycles. The van der Waals surface area contributed by atoms with Gasteiger partial charge < -0.3 is 4.90 Å². The summed E-state index contributed by atoms with van der Waals surface area (Å²) in [5.41, 5.74) is 1.57. The SMILES string of the molecule is C=C(CCCCCCCN(CCCCC)CCCCCCCCCCCCC)CC(CCCCCCCC)CCCCCCCC. The van der Waals surface area contributed by atoms with E-state index in [0.29, 0.717) is 0 Å². The zero-order valence-corrected chi connectivity index (χ0v) is 33.1. The number of allylic oxidation sites excluding steroid dienone is 1. The first kappa shape index (κ1) is 45.7. The summed E-state index contributed by atoms with van der Waals surface area (Å²) in [5, 5.41) is 0. The van der Waals surface area contributed by atoms with Gasteiger partial charge in [0.1, 0.15) is 0 Å². The Bertz CT molecular complexity index is 551. The van der Waals surface area contributed by atoms with E-state index in [-0.39, 0.29) is 0 Å². The van der Waals surface area contributed by atoms with E-state index in [4.69, 9.17) is 0 Å². The fourth-order valence-electron chi connectivity index (χ4n) is 7.45. The summed E-state index contributed by atoms with van der Waals surface area (Å²) in [5.74, 6) is 0.906. The van der Waals surface area contributed by atoms with E-state index in [0.717, 1.165) is 5.92 Å². The van der Waals surface area contributed by atoms with Gasteiger partial charge in [0.15, 0.2) is 0 Å². The summed E-state index contributed by atoms with van der Waals surface area (Å²) < 4.78 is 0. The van der Waals surface area contributed by atoms with Crippen LogP contribution in [0.1, 0.15) is 252 Å². The van der Waals surface area contributed by atoms with E-state index in [2.05, 4.69) is 39.2 Å². The Morgan fingerprint density at radius 1 is 0.370 bits per heavy atom. The molecule has 0 unspecified atom stereocenters. The summed E-state index contributed by atoms with van der Waals surface area (Å²) in [6.07, 6.45) is 49.8. The topological polar surface area (TPSA) is 3.24 Å². The summed E-state index contributed by atoms with van der Waals surface area (Å²) in [6, 6.07) is 0. The lowest BCUT2D eigenvalue weighted by Gasteiger charge is -2.22. The fraction of sp³-hybridized carbons (Fsp3) is 0.956. The molecule has 0 N–H and O–H groups in total. The Hall–Kier alpha value is -0.300. The third-order valence-corrected chi connectivity index (χ3v) is 10.7. The van der Waals surface area contributed by atoms with Crippen molar-refractivity contribution in [3.05, 3.63) is 12.2 Å². The second-order valence-electron chi connectivity index (χ2n) is 15.5. The lowest BCUT2D eigenvalue weighted by atomic mass is 9.87. The molecule has 0 aliphatic heterocycles. The molecule has 1 nitrogen and oxygen atoms in total. The molecule has 1 heteroatoms. The molecule has 276 valence electrons. The fourth-order valence-corrected chi connectivity index (χ4v) is 7.45. The minimum Gasteiger partial charge on any atom is -0.303 e. The lowest BCUT2D eigenvalue weighted by Crippen LogP contribution is -2.27. The minimum atomic E-state index is 0.906. The van der Waals surface area contributed by atoms with Gasteiger partial charge >= 0.3 is 0 Å². The van der Waals surface area contributed by atoms with Gasteiger partial charge in [-0.15, -0.1) is 0 Å². The summed E-state index contributed by atoms with van der Waals surface area (Å²) >= 11 is 0. The van der Waals surface area contributed by atoms with Crippen molar-refractivity contribution in [2.75, 3.05) is 19.6 Å². The average Bonchev–Trinajstić information content (AvgIpc) is 3.05. The first-order valence-corrected chi connectivity index (χ1v) is 22.1. The second kappa shape index (κ2) is 39.1. The maximum atomic E-state index is 4.59. The third-order valence-electron chi connectivity index (χ3n) is 10.7. The van der Waals surface area contributed by atoms with Crippen LogP contribution in [-0.2, 0) is 0 Å². The van der Waals surface area contributed by atoms with Crippen molar-refractivity contribution >= 4 is 0 Å². The van der Waals surface area contributed by atoms with Gasteiger partial charge in [-0.1, -0.05) is 226 Å². The minimum absolute atomic E-state index is 0.906. The van der Waals surface area contributed by atoms with Crippen molar-refractivity contribution in [2.45, 2.75) is 252 Å². The van der Waals surface area contributed by atoms with E-state index in [1.165, 1.54) is 244 Å². The standard InChI is InChI=1S/C45H91N/c1-6-10-14-17-20-21-22-23-24-29-35-41-46(40-34-13-9-4)42-36-30-25-26-31-37-44(5)43-45(38-32-27-18-15-11-7-2)39-33-28-19-16-12-8-3/h45H,5-43H2,1-4H3. The molecule has 46 heavy (non-hydrogen) atoms. The number of unbranched alkanes of at least 4 members (excludes halogenated alkanes) is 26. The highest BCUT2D eigenvalue weighted by atomic mass is 15.1. The van der Waals surface area contributed by atoms with Gasteiger partial charge in [0, 0.05) is 0 Å². The summed E-state index contributed by atoms with van der Waals surface area (Å²) in [6.45, 7) is 17.9. The van der Waals surface area contributed by atoms with E-state index in [1.807, 2.05) is 0 Å². The van der Waals surface area contributed by atoms with E-state index in [9.17, 15) is 0 Å². The van der Waals surface area contributed by atoms with Crippen LogP contribution in [0.5, 0.6) is 0 Å². The molecule has 0 aromatic carbocycles. The highest BCUT2D eigenvalue weighted by molar-refractivity contribution is 4.95. The Kier molecular flexibility index (Phi) is 38.9. The average molecular weight is 646 g/mol. The van der Waals surface area contributed by atoms with E-state index in [1.54, 1.807) is 5.57 Å². The van der Waals surface area contributed by atoms with Crippen LogP contribution in [-0.4, -0.2) is 24.5 Å². The lowest BCUT2D eigenvalue weighted by molar-refractivity contribution is 0.255. The normalized spacial score (nSPS) is 11.8. The number of rotatable bonds is 40. The molecule has 0 fully saturated rings.